The Morgan fingerprint density at radius 2 is 2.23 bits per heavy atom. The van der Waals surface area contributed by atoms with E-state index in [2.05, 4.69) is 10.3 Å². The Hall–Kier alpha value is -1.47. The van der Waals surface area contributed by atoms with Crippen molar-refractivity contribution in [3.63, 3.8) is 0 Å². The van der Waals surface area contributed by atoms with Crippen molar-refractivity contribution in [2.45, 2.75) is 44.2 Å². The number of hydrogen-bond donors (Lipinski definition) is 1. The van der Waals surface area contributed by atoms with Gasteiger partial charge in [-0.15, -0.1) is 5.10 Å². The first-order chi connectivity index (χ1) is 10.6. The Labute approximate surface area is 130 Å². The summed E-state index contributed by atoms with van der Waals surface area (Å²) in [4.78, 5) is 14.6. The molecule has 3 rings (SSSR count). The fourth-order valence-electron chi connectivity index (χ4n) is 3.39. The van der Waals surface area contributed by atoms with Crippen molar-refractivity contribution in [1.29, 1.82) is 0 Å². The minimum absolute atomic E-state index is 0.182. The number of amides is 1. The van der Waals surface area contributed by atoms with Gasteiger partial charge in [0.25, 0.3) is 0 Å². The molecule has 1 atom stereocenters. The third-order valence-electron chi connectivity index (χ3n) is 4.86. The van der Waals surface area contributed by atoms with Crippen LogP contribution in [0.1, 0.15) is 32.1 Å². The number of hydrogen-bond acceptors (Lipinski definition) is 5. The number of methoxy groups -OCH3 is 1. The monoisotopic (exact) mass is 308 g/mol. The summed E-state index contributed by atoms with van der Waals surface area (Å²) in [6.45, 7) is 2.10. The molecule has 1 saturated heterocycles. The van der Waals surface area contributed by atoms with E-state index in [4.69, 9.17) is 4.74 Å². The first-order valence-corrected chi connectivity index (χ1v) is 7.92. The number of piperidine rings is 1. The lowest BCUT2D eigenvalue weighted by atomic mass is 9.90. The number of β-amino-alcohol motifs (C(OH)–C–C–N with tert-alkyl or cyclic N) is 1. The third kappa shape index (κ3) is 3.15. The Morgan fingerprint density at radius 3 is 2.86 bits per heavy atom. The Kier molecular flexibility index (Phi) is 4.18. The average molecular weight is 308 g/mol. The van der Waals surface area contributed by atoms with E-state index in [1.165, 1.54) is 0 Å². The average Bonchev–Trinajstić information content (AvgIpc) is 3.13. The van der Waals surface area contributed by atoms with Gasteiger partial charge in [-0.3, -0.25) is 4.79 Å². The second-order valence-corrected chi connectivity index (χ2v) is 6.68. The minimum Gasteiger partial charge on any atom is -0.386 e. The number of carbonyl (C=O) groups excluding carboxylic acids is 1. The first-order valence-electron chi connectivity index (χ1n) is 7.92. The van der Waals surface area contributed by atoms with E-state index >= 15 is 0 Å². The van der Waals surface area contributed by atoms with Crippen LogP contribution in [0.5, 0.6) is 0 Å². The molecule has 122 valence electrons. The van der Waals surface area contributed by atoms with Crippen LogP contribution in [0.15, 0.2) is 12.4 Å². The second-order valence-electron chi connectivity index (χ2n) is 6.68. The van der Waals surface area contributed by atoms with Crippen LogP contribution in [-0.2, 0) is 16.1 Å². The van der Waals surface area contributed by atoms with Crippen LogP contribution >= 0.6 is 0 Å². The number of ether oxygens (including phenoxy) is 1. The molecule has 22 heavy (non-hydrogen) atoms. The van der Waals surface area contributed by atoms with Gasteiger partial charge in [0.15, 0.2) is 0 Å². The van der Waals surface area contributed by atoms with Gasteiger partial charge in [0, 0.05) is 26.5 Å². The van der Waals surface area contributed by atoms with Crippen LogP contribution in [-0.4, -0.2) is 63.3 Å². The molecule has 0 spiro atoms. The first kappa shape index (κ1) is 15.4. The van der Waals surface area contributed by atoms with Crippen molar-refractivity contribution >= 4 is 5.91 Å². The highest BCUT2D eigenvalue weighted by atomic mass is 16.5. The van der Waals surface area contributed by atoms with Crippen LogP contribution in [0.3, 0.4) is 0 Å². The van der Waals surface area contributed by atoms with Crippen molar-refractivity contribution in [3.05, 3.63) is 12.4 Å². The predicted octanol–water partition coefficient (Wildman–Crippen LogP) is 0.448. The van der Waals surface area contributed by atoms with E-state index in [1.807, 2.05) is 4.90 Å². The molecular formula is C15H24N4O3. The van der Waals surface area contributed by atoms with Crippen molar-refractivity contribution in [2.75, 3.05) is 26.8 Å². The lowest BCUT2D eigenvalue weighted by Gasteiger charge is -2.40. The van der Waals surface area contributed by atoms with Gasteiger partial charge in [-0.25, -0.2) is 4.68 Å². The smallest absolute Gasteiger partial charge is 0.228 e. The molecule has 1 aliphatic carbocycles. The van der Waals surface area contributed by atoms with Crippen LogP contribution in [0, 0.1) is 5.41 Å². The molecule has 1 saturated carbocycles. The molecular weight excluding hydrogens is 284 g/mol. The molecule has 2 heterocycles. The summed E-state index contributed by atoms with van der Waals surface area (Å²) in [5.41, 5.74) is -1.15. The molecule has 7 heteroatoms. The topological polar surface area (TPSA) is 80.5 Å². The fraction of sp³-hybridized carbons (Fsp3) is 0.800. The van der Waals surface area contributed by atoms with E-state index in [0.717, 1.165) is 32.2 Å². The van der Waals surface area contributed by atoms with Crippen LogP contribution in [0.25, 0.3) is 0 Å². The van der Waals surface area contributed by atoms with Gasteiger partial charge in [0.2, 0.25) is 5.91 Å². The van der Waals surface area contributed by atoms with Gasteiger partial charge in [-0.2, -0.15) is 0 Å². The van der Waals surface area contributed by atoms with E-state index in [-0.39, 0.29) is 11.3 Å². The second kappa shape index (κ2) is 5.96. The van der Waals surface area contributed by atoms with Crippen LogP contribution < -0.4 is 0 Å². The number of likely N-dealkylation sites (tertiary alicyclic amines) is 1. The largest absolute Gasteiger partial charge is 0.386 e. The van der Waals surface area contributed by atoms with Gasteiger partial charge in [-0.1, -0.05) is 5.21 Å². The van der Waals surface area contributed by atoms with Gasteiger partial charge in [0.05, 0.1) is 24.7 Å². The summed E-state index contributed by atoms with van der Waals surface area (Å²) < 4.78 is 6.76. The Balaban J connectivity index is 1.64. The zero-order chi connectivity index (χ0) is 15.6. The molecule has 7 nitrogen and oxygen atoms in total. The van der Waals surface area contributed by atoms with Gasteiger partial charge >= 0.3 is 0 Å². The van der Waals surface area contributed by atoms with E-state index in [1.54, 1.807) is 24.2 Å². The molecule has 0 radical (unpaired) electrons. The maximum Gasteiger partial charge on any atom is 0.228 e. The third-order valence-corrected chi connectivity index (χ3v) is 4.86. The van der Waals surface area contributed by atoms with Gasteiger partial charge < -0.3 is 14.7 Å². The Morgan fingerprint density at radius 1 is 1.41 bits per heavy atom. The molecule has 1 unspecified atom stereocenters. The fourth-order valence-corrected chi connectivity index (χ4v) is 3.39. The standard InChI is InChI=1S/C15H24N4O3/c1-22-10-6-14(4-5-14)13(20)18-8-2-3-15(21,11-18)12-19-9-7-16-17-19/h7,9,21H,2-6,8,10-12H2,1H3. The highest BCUT2D eigenvalue weighted by Crippen LogP contribution is 2.50. The number of aliphatic hydroxyl groups is 1. The molecule has 0 bridgehead atoms. The van der Waals surface area contributed by atoms with E-state index in [9.17, 15) is 9.90 Å². The molecule has 1 N–H and O–H groups in total. The highest BCUT2D eigenvalue weighted by molar-refractivity contribution is 5.85. The molecule has 1 aromatic heterocycles. The Bertz CT molecular complexity index is 515. The highest BCUT2D eigenvalue weighted by Gasteiger charge is 2.52. The SMILES string of the molecule is COCCC1(C(=O)N2CCCC(O)(Cn3ccnn3)C2)CC1. The molecule has 2 aliphatic rings. The maximum absolute atomic E-state index is 12.8. The summed E-state index contributed by atoms with van der Waals surface area (Å²) in [5.74, 6) is 0.182. The van der Waals surface area contributed by atoms with Gasteiger partial charge in [0.1, 0.15) is 5.60 Å². The molecule has 1 aliphatic heterocycles. The van der Waals surface area contributed by atoms with E-state index in [0.29, 0.717) is 26.1 Å². The van der Waals surface area contributed by atoms with Crippen molar-refractivity contribution < 1.29 is 14.6 Å². The van der Waals surface area contributed by atoms with Crippen molar-refractivity contribution in [3.8, 4) is 0 Å². The quantitative estimate of drug-likeness (QED) is 0.825. The summed E-state index contributed by atoms with van der Waals surface area (Å²) >= 11 is 0. The maximum atomic E-state index is 12.8. The van der Waals surface area contributed by atoms with E-state index < -0.39 is 5.60 Å². The lowest BCUT2D eigenvalue weighted by molar-refractivity contribution is -0.145. The zero-order valence-corrected chi connectivity index (χ0v) is 13.1. The molecule has 1 aromatic rings. The summed E-state index contributed by atoms with van der Waals surface area (Å²) in [5, 5.41) is 18.5. The van der Waals surface area contributed by atoms with Crippen LogP contribution in [0.2, 0.25) is 0 Å². The van der Waals surface area contributed by atoms with Crippen LogP contribution in [0.4, 0.5) is 0 Å². The molecule has 1 amide bonds. The van der Waals surface area contributed by atoms with Crippen molar-refractivity contribution in [2.24, 2.45) is 5.41 Å². The summed E-state index contributed by atoms with van der Waals surface area (Å²) in [6.07, 6.45) is 7.48. The number of nitrogens with zero attached hydrogens (tertiary/aromatic N) is 4. The molecule has 0 aromatic carbocycles. The predicted molar refractivity (Wildman–Crippen MR) is 78.9 cm³/mol. The molecule has 2 fully saturated rings. The minimum atomic E-state index is -0.918. The zero-order valence-electron chi connectivity index (χ0n) is 13.1. The van der Waals surface area contributed by atoms with Gasteiger partial charge in [-0.05, 0) is 32.1 Å². The summed E-state index contributed by atoms with van der Waals surface area (Å²) in [7, 11) is 1.66. The summed E-state index contributed by atoms with van der Waals surface area (Å²) in [6, 6.07) is 0. The number of carbonyl (C=O) groups is 1. The lowest BCUT2D eigenvalue weighted by Crippen LogP contribution is -2.54. The normalized spacial score (nSPS) is 26.9. The van der Waals surface area contributed by atoms with Crippen molar-refractivity contribution in [1.82, 2.24) is 19.9 Å². The number of aromatic nitrogens is 3. The number of rotatable bonds is 6.